The van der Waals surface area contributed by atoms with E-state index in [1.54, 1.807) is 4.90 Å². The number of aliphatic carboxylic acids is 1. The zero-order valence-electron chi connectivity index (χ0n) is 21.7. The molecule has 0 amide bonds. The van der Waals surface area contributed by atoms with Crippen LogP contribution in [-0.2, 0) is 4.79 Å². The van der Waals surface area contributed by atoms with E-state index in [2.05, 4.69) is 26.5 Å². The molecule has 6 heteroatoms. The van der Waals surface area contributed by atoms with Gasteiger partial charge in [0.1, 0.15) is 6.04 Å². The van der Waals surface area contributed by atoms with Crippen molar-refractivity contribution in [2.45, 2.75) is 148 Å². The van der Waals surface area contributed by atoms with Gasteiger partial charge in [-0.3, -0.25) is 9.69 Å². The van der Waals surface area contributed by atoms with Gasteiger partial charge in [-0.05, 0) is 12.8 Å². The van der Waals surface area contributed by atoms with Gasteiger partial charge < -0.3 is 15.3 Å². The first-order valence-electron chi connectivity index (χ1n) is 13.9. The molecule has 33 heavy (non-hydrogen) atoms. The topological polar surface area (TPSA) is 81.0 Å². The summed E-state index contributed by atoms with van der Waals surface area (Å²) >= 11 is 4.22. The molecule has 0 aliphatic rings. The molecule has 0 aromatic heterocycles. The highest BCUT2D eigenvalue weighted by Gasteiger charge is 2.27. The number of carboxylic acids is 1. The Morgan fingerprint density at radius 1 is 0.667 bits per heavy atom. The van der Waals surface area contributed by atoms with Crippen LogP contribution in [0.25, 0.3) is 0 Å². The summed E-state index contributed by atoms with van der Waals surface area (Å²) in [5.74, 6) is -0.770. The van der Waals surface area contributed by atoms with Crippen LogP contribution in [-0.4, -0.2) is 63.3 Å². The van der Waals surface area contributed by atoms with E-state index >= 15 is 0 Å². The zero-order valence-corrected chi connectivity index (χ0v) is 22.6. The van der Waals surface area contributed by atoms with E-state index in [1.807, 2.05) is 0 Å². The summed E-state index contributed by atoms with van der Waals surface area (Å²) in [6.45, 7) is 5.01. The molecular formula is C27H55NO4S. The van der Waals surface area contributed by atoms with Crippen molar-refractivity contribution in [1.29, 1.82) is 0 Å². The lowest BCUT2D eigenvalue weighted by atomic mass is 10.0. The number of carbonyl (C=O) groups is 1. The van der Waals surface area contributed by atoms with Crippen molar-refractivity contribution in [3.05, 3.63) is 0 Å². The number of thiol groups is 1. The van der Waals surface area contributed by atoms with Gasteiger partial charge in [0.25, 0.3) is 0 Å². The lowest BCUT2D eigenvalue weighted by molar-refractivity contribution is -0.143. The molecule has 5 nitrogen and oxygen atoms in total. The van der Waals surface area contributed by atoms with E-state index in [0.29, 0.717) is 12.8 Å². The average Bonchev–Trinajstić information content (AvgIpc) is 2.77. The first-order valence-corrected chi connectivity index (χ1v) is 14.5. The van der Waals surface area contributed by atoms with Gasteiger partial charge in [0.2, 0.25) is 0 Å². The highest BCUT2D eigenvalue weighted by atomic mass is 32.1. The minimum Gasteiger partial charge on any atom is -0.480 e. The van der Waals surface area contributed by atoms with Crippen LogP contribution in [0.5, 0.6) is 0 Å². The maximum atomic E-state index is 11.7. The second-order valence-corrected chi connectivity index (χ2v) is 10.2. The highest BCUT2D eigenvalue weighted by Crippen LogP contribution is 2.15. The molecule has 198 valence electrons. The molecule has 0 aromatic carbocycles. The van der Waals surface area contributed by atoms with E-state index in [-0.39, 0.29) is 18.8 Å². The minimum atomic E-state index is -0.941. The molecule has 0 saturated heterocycles. The van der Waals surface area contributed by atoms with Crippen molar-refractivity contribution in [3.8, 4) is 0 Å². The summed E-state index contributed by atoms with van der Waals surface area (Å²) < 4.78 is 0. The number of rotatable bonds is 25. The van der Waals surface area contributed by atoms with Gasteiger partial charge in [0.15, 0.2) is 0 Å². The normalized spacial score (nSPS) is 14.5. The summed E-state index contributed by atoms with van der Waals surface area (Å²) in [6.07, 6.45) is 19.7. The average molecular weight is 490 g/mol. The number of hydrogen-bond donors (Lipinski definition) is 4. The van der Waals surface area contributed by atoms with E-state index in [9.17, 15) is 20.1 Å². The van der Waals surface area contributed by atoms with Crippen LogP contribution < -0.4 is 0 Å². The molecule has 0 rings (SSSR count). The first-order chi connectivity index (χ1) is 16.0. The molecular weight excluding hydrogens is 434 g/mol. The summed E-state index contributed by atoms with van der Waals surface area (Å²) in [5, 5.41) is 30.6. The minimum absolute atomic E-state index is 0.171. The van der Waals surface area contributed by atoms with Crippen LogP contribution >= 0.6 is 12.6 Å². The van der Waals surface area contributed by atoms with Crippen molar-refractivity contribution >= 4 is 18.6 Å². The lowest BCUT2D eigenvalue weighted by Gasteiger charge is -2.31. The predicted octanol–water partition coefficient (Wildman–Crippen LogP) is 6.45. The Kier molecular flexibility index (Phi) is 23.2. The van der Waals surface area contributed by atoms with Crippen LogP contribution in [0, 0.1) is 0 Å². The fraction of sp³-hybridized carbons (Fsp3) is 0.963. The summed E-state index contributed by atoms with van der Waals surface area (Å²) in [7, 11) is 0. The van der Waals surface area contributed by atoms with Crippen LogP contribution in [0.15, 0.2) is 0 Å². The van der Waals surface area contributed by atoms with Gasteiger partial charge in [-0.25, -0.2) is 0 Å². The third-order valence-corrected chi connectivity index (χ3v) is 6.92. The second-order valence-electron chi connectivity index (χ2n) is 9.83. The molecule has 0 bridgehead atoms. The van der Waals surface area contributed by atoms with Gasteiger partial charge in [-0.1, -0.05) is 117 Å². The van der Waals surface area contributed by atoms with Crippen molar-refractivity contribution in [3.63, 3.8) is 0 Å². The van der Waals surface area contributed by atoms with E-state index in [4.69, 9.17) is 0 Å². The standard InChI is InChI=1S/C27H55NO4S/c1-3-5-7-9-11-13-15-17-19-24(29)21-28(26(23-33)27(31)32)22-25(30)20-18-16-14-12-10-8-6-4-2/h24-26,29-30,33H,3-23H2,1-2H3,(H,31,32). The van der Waals surface area contributed by atoms with E-state index in [1.165, 1.54) is 77.0 Å². The number of aliphatic hydroxyl groups is 2. The Bertz CT molecular complexity index is 410. The van der Waals surface area contributed by atoms with Crippen molar-refractivity contribution in [2.75, 3.05) is 18.8 Å². The van der Waals surface area contributed by atoms with E-state index < -0.39 is 24.2 Å². The molecule has 0 saturated carbocycles. The van der Waals surface area contributed by atoms with Crippen LogP contribution in [0.1, 0.15) is 129 Å². The summed E-state index contributed by atoms with van der Waals surface area (Å²) in [6, 6.07) is -0.783. The van der Waals surface area contributed by atoms with Gasteiger partial charge in [0.05, 0.1) is 12.2 Å². The number of carboxylic acid groups (broad SMARTS) is 1. The first kappa shape index (κ1) is 32.7. The molecule has 0 spiro atoms. The fourth-order valence-electron chi connectivity index (χ4n) is 4.43. The number of hydrogen-bond acceptors (Lipinski definition) is 5. The molecule has 3 unspecified atom stereocenters. The predicted molar refractivity (Wildman–Crippen MR) is 143 cm³/mol. The second kappa shape index (κ2) is 23.4. The van der Waals surface area contributed by atoms with Crippen LogP contribution in [0.2, 0.25) is 0 Å². The number of nitrogens with zero attached hydrogens (tertiary/aromatic N) is 1. The molecule has 0 radical (unpaired) electrons. The van der Waals surface area contributed by atoms with E-state index in [0.717, 1.165) is 25.7 Å². The zero-order chi connectivity index (χ0) is 24.7. The Balaban J connectivity index is 4.25. The van der Waals surface area contributed by atoms with Crippen molar-refractivity contribution in [1.82, 2.24) is 4.90 Å². The molecule has 0 fully saturated rings. The fourth-order valence-corrected chi connectivity index (χ4v) is 4.82. The molecule has 0 heterocycles. The van der Waals surface area contributed by atoms with Gasteiger partial charge in [0, 0.05) is 18.8 Å². The maximum Gasteiger partial charge on any atom is 0.321 e. The summed E-state index contributed by atoms with van der Waals surface area (Å²) in [5.41, 5.74) is 0. The quantitative estimate of drug-likeness (QED) is 0.0874. The SMILES string of the molecule is CCCCCCCCCCC(O)CN(CC(O)CCCCCCCCCC)C(CS)C(=O)O. The third kappa shape index (κ3) is 19.7. The van der Waals surface area contributed by atoms with Crippen molar-refractivity contribution in [2.24, 2.45) is 0 Å². The van der Waals surface area contributed by atoms with Gasteiger partial charge in [-0.15, -0.1) is 0 Å². The Morgan fingerprint density at radius 2 is 1.00 bits per heavy atom. The maximum absolute atomic E-state index is 11.7. The highest BCUT2D eigenvalue weighted by molar-refractivity contribution is 7.80. The molecule has 0 aliphatic heterocycles. The molecule has 0 aromatic rings. The van der Waals surface area contributed by atoms with Gasteiger partial charge in [-0.2, -0.15) is 12.6 Å². The lowest BCUT2D eigenvalue weighted by Crippen LogP contribution is -2.49. The van der Waals surface area contributed by atoms with Gasteiger partial charge >= 0.3 is 5.97 Å². The number of aliphatic hydroxyl groups excluding tert-OH is 2. The Morgan fingerprint density at radius 3 is 1.30 bits per heavy atom. The largest absolute Gasteiger partial charge is 0.480 e. The van der Waals surface area contributed by atoms with Crippen LogP contribution in [0.4, 0.5) is 0 Å². The van der Waals surface area contributed by atoms with Crippen molar-refractivity contribution < 1.29 is 20.1 Å². The molecule has 3 N–H and O–H groups in total. The summed E-state index contributed by atoms with van der Waals surface area (Å²) in [4.78, 5) is 13.4. The number of unbranched alkanes of at least 4 members (excludes halogenated alkanes) is 14. The van der Waals surface area contributed by atoms with Crippen LogP contribution in [0.3, 0.4) is 0 Å². The monoisotopic (exact) mass is 489 g/mol. The molecule has 0 aliphatic carbocycles. The Hall–Kier alpha value is -0.300. The molecule has 3 atom stereocenters. The Labute approximate surface area is 210 Å². The third-order valence-electron chi connectivity index (χ3n) is 6.57. The smallest absolute Gasteiger partial charge is 0.321 e.